The third-order valence-corrected chi connectivity index (χ3v) is 20.1. The van der Waals surface area contributed by atoms with Gasteiger partial charge in [-0.3, -0.25) is 4.79 Å². The van der Waals surface area contributed by atoms with Gasteiger partial charge in [-0.05, 0) is 49.4 Å². The van der Waals surface area contributed by atoms with Crippen LogP contribution in [0.3, 0.4) is 0 Å². The first-order valence-corrected chi connectivity index (χ1v) is 34.9. The SMILES string of the molecule is CC(C)(C)OC(=O)C(CCC(=O)NCC1OC2OC3C(CO)OC(OC4C(CO)OC(OC5C(CO)OC(OC6C(CO)OC(OC7C(CO)OC(OC8C(CO)OC(OC1C(O)C2O)C(O)C8O)C(O)C7O)C(O)C6O)C(O)C5O)C(O)C4O)C(O)C3O)NC(=O)OCC1c2ccccc2-c2ccccc21. The minimum Gasteiger partial charge on any atom is -0.458 e. The van der Waals surface area contributed by atoms with Crippen molar-refractivity contribution in [2.24, 2.45) is 0 Å². The number of rotatable bonds is 15. The minimum atomic E-state index is -2.36. The van der Waals surface area contributed by atoms with E-state index in [4.69, 9.17) is 75.8 Å². The first kappa shape index (κ1) is 83.2. The summed E-state index contributed by atoms with van der Waals surface area (Å²) in [6, 6.07) is 13.6. The van der Waals surface area contributed by atoms with E-state index in [0.29, 0.717) is 0 Å². The van der Waals surface area contributed by atoms with Gasteiger partial charge in [0.25, 0.3) is 0 Å². The number of aliphatic hydroxyl groups excluding tert-OH is 20. The summed E-state index contributed by atoms with van der Waals surface area (Å²) in [5.41, 5.74) is 2.58. The maximum Gasteiger partial charge on any atom is 0.407 e. The molecule has 22 aliphatic rings. The molecule has 2 amide bonds. The van der Waals surface area contributed by atoms with Gasteiger partial charge in [-0.1, -0.05) is 48.5 Å². The van der Waals surface area contributed by atoms with E-state index in [2.05, 4.69) is 10.6 Å². The highest BCUT2D eigenvalue weighted by atomic mass is 16.8. The van der Waals surface area contributed by atoms with E-state index in [-0.39, 0.29) is 12.5 Å². The zero-order chi connectivity index (χ0) is 77.4. The molecule has 0 aromatic heterocycles. The second kappa shape index (κ2) is 35.5. The van der Waals surface area contributed by atoms with E-state index in [1.54, 1.807) is 20.8 Å². The Bertz CT molecular complexity index is 3170. The molecule has 24 rings (SSSR count). The molecule has 22 N–H and O–H groups in total. The third-order valence-electron chi connectivity index (χ3n) is 20.1. The predicted molar refractivity (Wildman–Crippen MR) is 341 cm³/mol. The monoisotopic (exact) mass is 1540 g/mol. The Morgan fingerprint density at radius 2 is 0.645 bits per heavy atom. The van der Waals surface area contributed by atoms with Crippen LogP contribution in [0.1, 0.15) is 50.7 Å². The second-order valence-corrected chi connectivity index (χ2v) is 28.4. The molecule has 0 radical (unpaired) electrons. The average molecular weight is 1540 g/mol. The van der Waals surface area contributed by atoms with Gasteiger partial charge in [0.05, 0.1) is 39.6 Å². The van der Waals surface area contributed by atoms with Crippen LogP contribution >= 0.6 is 0 Å². The number of carbonyl (C=O) groups excluding carboxylic acids is 3. The molecule has 21 saturated heterocycles. The fourth-order valence-electron chi connectivity index (χ4n) is 14.4. The van der Waals surface area contributed by atoms with Gasteiger partial charge >= 0.3 is 12.1 Å². The molecule has 2 aromatic carbocycles. The molecular formula is C66H96N2O39. The Hall–Kier alpha value is -4.71. The molecule has 21 heterocycles. The molecule has 41 nitrogen and oxygen atoms in total. The topological polar surface area (TPSA) is 628 Å². The lowest BCUT2D eigenvalue weighted by atomic mass is 9.95. The summed E-state index contributed by atoms with van der Waals surface area (Å²) in [6.45, 7) is -2.89. The zero-order valence-corrected chi connectivity index (χ0v) is 57.8. The highest BCUT2D eigenvalue weighted by Crippen LogP contribution is 2.45. The summed E-state index contributed by atoms with van der Waals surface area (Å²) < 4.78 is 92.9. The van der Waals surface area contributed by atoms with Crippen LogP contribution in [0.4, 0.5) is 4.79 Å². The smallest absolute Gasteiger partial charge is 0.407 e. The molecule has 14 bridgehead atoms. The highest BCUT2D eigenvalue weighted by molar-refractivity contribution is 5.83. The molecule has 36 unspecified atom stereocenters. The Morgan fingerprint density at radius 3 is 0.916 bits per heavy atom. The molecule has 41 heteroatoms. The van der Waals surface area contributed by atoms with Gasteiger partial charge in [-0.25, -0.2) is 9.59 Å². The summed E-state index contributed by atoms with van der Waals surface area (Å²) in [6.07, 6.45) is -75.5. The Morgan fingerprint density at radius 1 is 0.383 bits per heavy atom. The van der Waals surface area contributed by atoms with Crippen molar-refractivity contribution < 1.29 is 192 Å². The van der Waals surface area contributed by atoms with Crippen molar-refractivity contribution in [3.05, 3.63) is 59.7 Å². The van der Waals surface area contributed by atoms with Crippen molar-refractivity contribution in [3.8, 4) is 11.1 Å². The first-order valence-electron chi connectivity index (χ1n) is 34.9. The lowest BCUT2D eigenvalue weighted by Gasteiger charge is -2.50. The van der Waals surface area contributed by atoms with E-state index < -0.39 is 304 Å². The van der Waals surface area contributed by atoms with E-state index in [0.717, 1.165) is 22.3 Å². The largest absolute Gasteiger partial charge is 0.458 e. The average Bonchev–Trinajstić information content (AvgIpc) is 1.60. The fourth-order valence-corrected chi connectivity index (χ4v) is 14.4. The minimum absolute atomic E-state index is 0.154. The Labute approximate surface area is 608 Å². The van der Waals surface area contributed by atoms with E-state index in [9.17, 15) is 117 Å². The number of hydrogen-bond acceptors (Lipinski definition) is 39. The number of carbonyl (C=O) groups is 3. The fraction of sp³-hybridized carbons (Fsp3) is 0.773. The van der Waals surface area contributed by atoms with Gasteiger partial charge in [0.1, 0.15) is 189 Å². The summed E-state index contributed by atoms with van der Waals surface area (Å²) in [5, 5.41) is 231. The second-order valence-electron chi connectivity index (χ2n) is 28.4. The van der Waals surface area contributed by atoms with Crippen molar-refractivity contribution in [3.63, 3.8) is 0 Å². The number of ether oxygens (including phenoxy) is 16. The number of hydrogen-bond donors (Lipinski definition) is 22. The van der Waals surface area contributed by atoms with Gasteiger partial charge < -0.3 is 189 Å². The predicted octanol–water partition coefficient (Wildman–Crippen LogP) is -11.1. The molecular weight excluding hydrogens is 1440 g/mol. The van der Waals surface area contributed by atoms with Crippen LogP contribution in [0.25, 0.3) is 11.1 Å². The number of aliphatic hydroxyl groups is 20. The molecule has 1 aliphatic carbocycles. The number of esters is 1. The zero-order valence-electron chi connectivity index (χ0n) is 57.8. The normalized spacial score (nSPS) is 43.8. The van der Waals surface area contributed by atoms with Crippen molar-refractivity contribution in [1.29, 1.82) is 0 Å². The number of amides is 2. The number of nitrogens with one attached hydrogen (secondary N) is 2. The lowest BCUT2D eigenvalue weighted by Crippen LogP contribution is -2.68. The molecule has 2 aromatic rings. The van der Waals surface area contributed by atoms with Crippen LogP contribution in [-0.2, 0) is 85.4 Å². The van der Waals surface area contributed by atoms with Crippen LogP contribution in [0, 0.1) is 0 Å². The van der Waals surface area contributed by atoms with Gasteiger partial charge in [0.2, 0.25) is 5.91 Å². The summed E-state index contributed by atoms with van der Waals surface area (Å²) in [4.78, 5) is 41.4. The Kier molecular flexibility index (Phi) is 27.7. The number of fused-ring (bicyclic) bond motifs is 3. The van der Waals surface area contributed by atoms with Gasteiger partial charge in [-0.2, -0.15) is 0 Å². The maximum absolute atomic E-state index is 14.0. The molecule has 21 aliphatic heterocycles. The molecule has 36 atom stereocenters. The Balaban J connectivity index is 0.849. The first-order chi connectivity index (χ1) is 50.9. The van der Waals surface area contributed by atoms with Crippen LogP contribution in [0.2, 0.25) is 0 Å². The van der Waals surface area contributed by atoms with Crippen molar-refractivity contribution in [1.82, 2.24) is 10.6 Å². The maximum atomic E-state index is 14.0. The summed E-state index contributed by atoms with van der Waals surface area (Å²) in [7, 11) is 0. The van der Waals surface area contributed by atoms with Crippen LogP contribution in [0.15, 0.2) is 48.5 Å². The third kappa shape index (κ3) is 17.7. The van der Waals surface area contributed by atoms with Gasteiger partial charge in [0.15, 0.2) is 44.0 Å². The quantitative estimate of drug-likeness (QED) is 0.0736. The van der Waals surface area contributed by atoms with Crippen molar-refractivity contribution in [2.45, 2.75) is 266 Å². The van der Waals surface area contributed by atoms with Gasteiger partial charge in [-0.15, -0.1) is 0 Å². The van der Waals surface area contributed by atoms with Crippen molar-refractivity contribution in [2.75, 3.05) is 52.8 Å². The van der Waals surface area contributed by atoms with Crippen LogP contribution < -0.4 is 10.6 Å². The molecule has 0 saturated carbocycles. The lowest BCUT2D eigenvalue weighted by molar-refractivity contribution is -0.396. The molecule has 21 fully saturated rings. The summed E-state index contributed by atoms with van der Waals surface area (Å²) in [5.74, 6) is -2.24. The van der Waals surface area contributed by atoms with Crippen LogP contribution in [-0.4, -0.2) is 399 Å². The van der Waals surface area contributed by atoms with Gasteiger partial charge in [0, 0.05) is 18.9 Å². The van der Waals surface area contributed by atoms with Crippen LogP contribution in [0.5, 0.6) is 0 Å². The van der Waals surface area contributed by atoms with Crippen molar-refractivity contribution >= 4 is 18.0 Å². The highest BCUT2D eigenvalue weighted by Gasteiger charge is 2.60. The van der Waals surface area contributed by atoms with E-state index in [1.807, 2.05) is 48.5 Å². The number of benzene rings is 2. The van der Waals surface area contributed by atoms with E-state index >= 15 is 0 Å². The standard InChI is InChI=1S/C66H96N2O39/c1-66(2,3)107-57(90)27(68-65(91)92-21-26-24-10-6-4-8-22(24)23-9-5-7-11-25(23)26)12-13-35(75)67-14-28-50-36(76)43(83)58(93-28)101-51-29(15-69)95-60(45(85)38(51)78)103-53-31(17-71)97-62(47(87)40(53)80)105-55-33(19-73)99-64(49(89)42(55)82)106-56-34(20-74)98-63(48(88)41(56)81)104-54-32(18-72)96-61(46(86)39(54)79)102-52-30(16-70)94-59(100-50)44(84)37(52)77/h4-11,26-34,36-56,58-64,69-74,76-89H,12-21H2,1-3H3,(H,67,75)(H,68,91). The van der Waals surface area contributed by atoms with E-state index in [1.165, 1.54) is 0 Å². The summed E-state index contributed by atoms with van der Waals surface area (Å²) >= 11 is 0. The molecule has 107 heavy (non-hydrogen) atoms. The molecule has 604 valence electrons. The number of alkyl carbamates (subject to hydrolysis) is 1. The molecule has 0 spiro atoms.